The number of nitrogens with one attached hydrogen (secondary N) is 1. The number of alkyl halides is 3. The number of aromatic nitrogens is 1. The van der Waals surface area contributed by atoms with Crippen LogP contribution in [0.25, 0.3) is 10.8 Å². The summed E-state index contributed by atoms with van der Waals surface area (Å²) < 4.78 is 63.8. The van der Waals surface area contributed by atoms with E-state index in [1.54, 1.807) is 31.3 Å². The van der Waals surface area contributed by atoms with Crippen molar-refractivity contribution in [1.29, 1.82) is 0 Å². The summed E-state index contributed by atoms with van der Waals surface area (Å²) >= 11 is 0. The second kappa shape index (κ2) is 8.30. The van der Waals surface area contributed by atoms with E-state index in [4.69, 9.17) is 4.74 Å². The summed E-state index contributed by atoms with van der Waals surface area (Å²) in [5, 5.41) is 14.4. The molecule has 2 heterocycles. The number of aliphatic hydroxyl groups is 1. The number of halogens is 4. The molecular weight excluding hydrogens is 452 g/mol. The number of pyridine rings is 1. The molecule has 2 aromatic carbocycles. The second-order valence-electron chi connectivity index (χ2n) is 9.48. The van der Waals surface area contributed by atoms with E-state index < -0.39 is 36.0 Å². The summed E-state index contributed by atoms with van der Waals surface area (Å²) in [4.78, 5) is 12.4. The van der Waals surface area contributed by atoms with Crippen molar-refractivity contribution in [3.63, 3.8) is 0 Å². The lowest BCUT2D eigenvalue weighted by molar-refractivity contribution is -0.260. The van der Waals surface area contributed by atoms with Crippen molar-refractivity contribution in [2.24, 2.45) is 7.05 Å². The quantitative estimate of drug-likeness (QED) is 0.505. The van der Waals surface area contributed by atoms with Crippen LogP contribution in [0.2, 0.25) is 0 Å². The first-order valence-corrected chi connectivity index (χ1v) is 10.9. The zero-order valence-electron chi connectivity index (χ0n) is 19.1. The number of hydrogen-bond acceptors (Lipinski definition) is 4. The minimum Gasteiger partial charge on any atom is -0.493 e. The summed E-state index contributed by atoms with van der Waals surface area (Å²) in [6.45, 7) is 2.53. The van der Waals surface area contributed by atoms with Gasteiger partial charge in [-0.3, -0.25) is 4.79 Å². The van der Waals surface area contributed by atoms with Gasteiger partial charge in [-0.05, 0) is 42.2 Å². The number of nitrogens with zero attached hydrogens (tertiary/aromatic N) is 1. The molecule has 1 atom stereocenters. The SMILES string of the molecule is Cn1ccc2c(NC[C@](O)(CC(C)(C)c3cc(F)cc4c3OCC4)C(F)(F)F)cccc2c1=O. The molecule has 0 aliphatic carbocycles. The van der Waals surface area contributed by atoms with Crippen LogP contribution in [0.15, 0.2) is 47.4 Å². The van der Waals surface area contributed by atoms with Gasteiger partial charge in [0.05, 0.1) is 13.2 Å². The first kappa shape index (κ1) is 24.1. The Balaban J connectivity index is 1.67. The van der Waals surface area contributed by atoms with Crippen LogP contribution >= 0.6 is 0 Å². The van der Waals surface area contributed by atoms with Gasteiger partial charge in [0.25, 0.3) is 5.56 Å². The van der Waals surface area contributed by atoms with Gasteiger partial charge in [-0.1, -0.05) is 19.9 Å². The van der Waals surface area contributed by atoms with Crippen molar-refractivity contribution in [3.8, 4) is 5.75 Å². The molecule has 2 N–H and O–H groups in total. The van der Waals surface area contributed by atoms with Gasteiger partial charge >= 0.3 is 6.18 Å². The van der Waals surface area contributed by atoms with Crippen LogP contribution in [0.4, 0.5) is 23.2 Å². The Morgan fingerprint density at radius 3 is 2.59 bits per heavy atom. The Hall–Kier alpha value is -3.07. The Morgan fingerprint density at radius 2 is 1.88 bits per heavy atom. The van der Waals surface area contributed by atoms with Crippen molar-refractivity contribution < 1.29 is 27.4 Å². The summed E-state index contributed by atoms with van der Waals surface area (Å²) in [6, 6.07) is 8.83. The fourth-order valence-corrected chi connectivity index (χ4v) is 4.63. The third-order valence-electron chi connectivity index (χ3n) is 6.43. The molecule has 0 unspecified atom stereocenters. The Labute approximate surface area is 194 Å². The first-order chi connectivity index (χ1) is 15.8. The van der Waals surface area contributed by atoms with Crippen LogP contribution in [0.3, 0.4) is 0 Å². The molecule has 0 amide bonds. The van der Waals surface area contributed by atoms with Gasteiger partial charge in [-0.2, -0.15) is 13.2 Å². The third kappa shape index (κ3) is 4.24. The molecule has 4 rings (SSSR count). The van der Waals surface area contributed by atoms with Gasteiger partial charge in [-0.15, -0.1) is 0 Å². The predicted molar refractivity (Wildman–Crippen MR) is 122 cm³/mol. The average Bonchev–Trinajstić information content (AvgIpc) is 3.21. The second-order valence-corrected chi connectivity index (χ2v) is 9.48. The zero-order chi connectivity index (χ0) is 24.9. The number of hydrogen-bond donors (Lipinski definition) is 2. The van der Waals surface area contributed by atoms with E-state index in [1.807, 2.05) is 0 Å². The van der Waals surface area contributed by atoms with Crippen LogP contribution < -0.4 is 15.6 Å². The molecule has 34 heavy (non-hydrogen) atoms. The molecule has 5 nitrogen and oxygen atoms in total. The average molecular weight is 478 g/mol. The Bertz CT molecular complexity index is 1300. The van der Waals surface area contributed by atoms with Crippen LogP contribution in [-0.4, -0.2) is 34.6 Å². The van der Waals surface area contributed by atoms with Crippen molar-refractivity contribution >= 4 is 16.5 Å². The Kier molecular flexibility index (Phi) is 5.88. The van der Waals surface area contributed by atoms with Crippen molar-refractivity contribution in [1.82, 2.24) is 4.57 Å². The third-order valence-corrected chi connectivity index (χ3v) is 6.43. The van der Waals surface area contributed by atoms with E-state index in [2.05, 4.69) is 5.32 Å². The lowest BCUT2D eigenvalue weighted by atomic mass is 9.74. The van der Waals surface area contributed by atoms with E-state index in [1.165, 1.54) is 36.7 Å². The van der Waals surface area contributed by atoms with Crippen molar-refractivity contribution in [2.75, 3.05) is 18.5 Å². The minimum atomic E-state index is -4.98. The summed E-state index contributed by atoms with van der Waals surface area (Å²) in [7, 11) is 1.58. The monoisotopic (exact) mass is 478 g/mol. The highest BCUT2D eigenvalue weighted by Crippen LogP contribution is 2.46. The maximum absolute atomic E-state index is 14.2. The highest BCUT2D eigenvalue weighted by atomic mass is 19.4. The van der Waals surface area contributed by atoms with Crippen LogP contribution in [0, 0.1) is 5.82 Å². The maximum Gasteiger partial charge on any atom is 0.418 e. The van der Waals surface area contributed by atoms with E-state index in [9.17, 15) is 27.5 Å². The van der Waals surface area contributed by atoms with Gasteiger partial charge in [0.2, 0.25) is 0 Å². The number of benzene rings is 2. The number of rotatable bonds is 6. The number of ether oxygens (including phenoxy) is 1. The van der Waals surface area contributed by atoms with Gasteiger partial charge < -0.3 is 19.7 Å². The summed E-state index contributed by atoms with van der Waals surface area (Å²) in [6.07, 6.45) is -3.71. The van der Waals surface area contributed by atoms with Crippen LogP contribution in [0.1, 0.15) is 31.4 Å². The highest BCUT2D eigenvalue weighted by molar-refractivity contribution is 5.93. The molecule has 0 radical (unpaired) electrons. The van der Waals surface area contributed by atoms with Gasteiger partial charge in [0, 0.05) is 47.3 Å². The number of fused-ring (bicyclic) bond motifs is 2. The molecule has 9 heteroatoms. The normalized spacial score (nSPS) is 15.6. The zero-order valence-corrected chi connectivity index (χ0v) is 19.1. The Morgan fingerprint density at radius 1 is 1.15 bits per heavy atom. The fourth-order valence-electron chi connectivity index (χ4n) is 4.63. The maximum atomic E-state index is 14.2. The van der Waals surface area contributed by atoms with Crippen LogP contribution in [-0.2, 0) is 18.9 Å². The topological polar surface area (TPSA) is 63.5 Å². The van der Waals surface area contributed by atoms with Crippen molar-refractivity contribution in [3.05, 3.63) is 69.9 Å². The lowest BCUT2D eigenvalue weighted by Crippen LogP contribution is -2.53. The molecule has 1 aromatic heterocycles. The first-order valence-electron chi connectivity index (χ1n) is 10.9. The van der Waals surface area contributed by atoms with E-state index >= 15 is 0 Å². The van der Waals surface area contributed by atoms with Gasteiger partial charge in [-0.25, -0.2) is 4.39 Å². The summed E-state index contributed by atoms with van der Waals surface area (Å²) in [5.41, 5.74) is -3.50. The fraction of sp³-hybridized carbons (Fsp3) is 0.400. The van der Waals surface area contributed by atoms with Gasteiger partial charge in [0.1, 0.15) is 11.6 Å². The number of anilines is 1. The molecule has 0 saturated carbocycles. The molecule has 0 saturated heterocycles. The molecule has 0 fully saturated rings. The molecule has 1 aliphatic rings. The smallest absolute Gasteiger partial charge is 0.418 e. The standard InChI is InChI=1S/C25H26F4N2O3/c1-23(2,19-12-16(26)11-15-8-10-34-21(15)19)13-24(33,25(27,28)29)14-30-20-6-4-5-18-17(20)7-9-31(3)22(18)32/h4-7,9,11-12,30,33H,8,10,13-14H2,1-3H3/t24-/m1/s1. The molecule has 0 spiro atoms. The molecule has 3 aromatic rings. The molecule has 0 bridgehead atoms. The molecular formula is C25H26F4N2O3. The predicted octanol–water partition coefficient (Wildman–Crippen LogP) is 4.69. The van der Waals surface area contributed by atoms with E-state index in [-0.39, 0.29) is 11.1 Å². The van der Waals surface area contributed by atoms with E-state index in [0.717, 1.165) is 0 Å². The highest BCUT2D eigenvalue weighted by Gasteiger charge is 2.56. The van der Waals surface area contributed by atoms with Crippen LogP contribution in [0.5, 0.6) is 5.75 Å². The van der Waals surface area contributed by atoms with E-state index in [0.29, 0.717) is 40.8 Å². The largest absolute Gasteiger partial charge is 0.493 e. The lowest BCUT2D eigenvalue weighted by Gasteiger charge is -2.38. The van der Waals surface area contributed by atoms with Gasteiger partial charge in [0.15, 0.2) is 5.60 Å². The van der Waals surface area contributed by atoms with Crippen molar-refractivity contribution in [2.45, 2.75) is 43.9 Å². The molecule has 1 aliphatic heterocycles. The molecule has 182 valence electrons. The minimum absolute atomic E-state index is 0.284. The summed E-state index contributed by atoms with van der Waals surface area (Å²) in [5.74, 6) is -0.174. The number of aryl methyl sites for hydroxylation is 1.